The van der Waals surface area contributed by atoms with E-state index in [4.69, 9.17) is 21.3 Å². The summed E-state index contributed by atoms with van der Waals surface area (Å²) in [5.74, 6) is 0.269. The first-order chi connectivity index (χ1) is 18.4. The van der Waals surface area contributed by atoms with Crippen LogP contribution in [0.2, 0.25) is 4.34 Å². The van der Waals surface area contributed by atoms with Gasteiger partial charge in [0.25, 0.3) is 17.7 Å². The van der Waals surface area contributed by atoms with Gasteiger partial charge in [-0.25, -0.2) is 0 Å². The first-order valence-electron chi connectivity index (χ1n) is 12.6. The van der Waals surface area contributed by atoms with Gasteiger partial charge in [-0.3, -0.25) is 24.3 Å². The molecule has 2 saturated carbocycles. The number of amidine groups is 1. The van der Waals surface area contributed by atoms with E-state index >= 15 is 0 Å². The molecular formula is C28H25ClN4O4S. The monoisotopic (exact) mass is 548 g/mol. The summed E-state index contributed by atoms with van der Waals surface area (Å²) in [6.07, 6.45) is 4.57. The number of ether oxygens (including phenoxy) is 1. The van der Waals surface area contributed by atoms with Crippen LogP contribution in [0.15, 0.2) is 59.6 Å². The molecule has 0 bridgehead atoms. The SMILES string of the molecule is O=C(Nc1cccc2c1C(=O)N(Cc1cccc(OCC(=NC3CC3)NC3CC3)c1)C2=O)c1ccc(Cl)s1. The van der Waals surface area contributed by atoms with E-state index in [1.165, 1.54) is 4.90 Å². The number of aliphatic imine (C=N–C) groups is 1. The number of nitrogens with zero attached hydrogens (tertiary/aromatic N) is 2. The molecule has 1 aliphatic heterocycles. The van der Waals surface area contributed by atoms with Crippen LogP contribution in [0.1, 0.15) is 61.6 Å². The summed E-state index contributed by atoms with van der Waals surface area (Å²) >= 11 is 7.08. The van der Waals surface area contributed by atoms with Crippen molar-refractivity contribution < 1.29 is 19.1 Å². The molecule has 0 unspecified atom stereocenters. The van der Waals surface area contributed by atoms with E-state index in [0.29, 0.717) is 39.3 Å². The van der Waals surface area contributed by atoms with Crippen molar-refractivity contribution in [2.45, 2.75) is 44.3 Å². The number of carbonyl (C=O) groups is 3. The lowest BCUT2D eigenvalue weighted by Gasteiger charge is -2.16. The lowest BCUT2D eigenvalue weighted by Crippen LogP contribution is -2.31. The molecule has 6 rings (SSSR count). The van der Waals surface area contributed by atoms with Crippen molar-refractivity contribution in [1.29, 1.82) is 0 Å². The van der Waals surface area contributed by atoms with Gasteiger partial charge in [0.05, 0.1) is 38.6 Å². The van der Waals surface area contributed by atoms with E-state index in [1.54, 1.807) is 30.3 Å². The normalized spacial score (nSPS) is 17.0. The van der Waals surface area contributed by atoms with E-state index < -0.39 is 11.8 Å². The number of anilines is 1. The lowest BCUT2D eigenvalue weighted by atomic mass is 10.1. The lowest BCUT2D eigenvalue weighted by molar-refractivity contribution is 0.0642. The van der Waals surface area contributed by atoms with Gasteiger partial charge >= 0.3 is 0 Å². The minimum Gasteiger partial charge on any atom is -0.486 e. The van der Waals surface area contributed by atoms with E-state index in [0.717, 1.165) is 48.4 Å². The molecule has 2 N–H and O–H groups in total. The highest BCUT2D eigenvalue weighted by molar-refractivity contribution is 7.18. The van der Waals surface area contributed by atoms with Gasteiger partial charge in [0, 0.05) is 6.04 Å². The largest absolute Gasteiger partial charge is 0.486 e. The zero-order chi connectivity index (χ0) is 26.2. The summed E-state index contributed by atoms with van der Waals surface area (Å²) in [7, 11) is 0. The number of hydrogen-bond acceptors (Lipinski definition) is 6. The Labute approximate surface area is 228 Å². The Morgan fingerprint density at radius 2 is 1.87 bits per heavy atom. The van der Waals surface area contributed by atoms with Gasteiger partial charge in [0.15, 0.2) is 0 Å². The molecule has 2 fully saturated rings. The second-order valence-electron chi connectivity index (χ2n) is 9.64. The Morgan fingerprint density at radius 3 is 2.61 bits per heavy atom. The van der Waals surface area contributed by atoms with Gasteiger partial charge in [0.2, 0.25) is 0 Å². The average Bonchev–Trinajstić information content (AvgIpc) is 3.84. The van der Waals surface area contributed by atoms with Crippen LogP contribution in [0.25, 0.3) is 0 Å². The first-order valence-corrected chi connectivity index (χ1v) is 13.7. The summed E-state index contributed by atoms with van der Waals surface area (Å²) < 4.78 is 6.50. The molecule has 0 saturated heterocycles. The third kappa shape index (κ3) is 5.44. The smallest absolute Gasteiger partial charge is 0.265 e. The van der Waals surface area contributed by atoms with E-state index in [2.05, 4.69) is 10.6 Å². The topological polar surface area (TPSA) is 100 Å². The second kappa shape index (κ2) is 10.2. The molecule has 0 radical (unpaired) electrons. The van der Waals surface area contributed by atoms with Crippen molar-refractivity contribution in [1.82, 2.24) is 10.2 Å². The van der Waals surface area contributed by atoms with Crippen molar-refractivity contribution >= 4 is 52.2 Å². The fraction of sp³-hybridized carbons (Fsp3) is 0.286. The standard InChI is InChI=1S/C28H25ClN4O4S/c29-23-12-11-22(38-23)26(34)32-21-6-2-5-20-25(21)28(36)33(27(20)35)14-16-3-1-4-19(13-16)37-15-24(30-17-7-8-17)31-18-9-10-18/h1-6,11-13,17-18H,7-10,14-15H2,(H,30,31)(H,32,34). The zero-order valence-corrected chi connectivity index (χ0v) is 22.0. The summed E-state index contributed by atoms with van der Waals surface area (Å²) in [5, 5.41) is 6.20. The number of halogens is 1. The number of amides is 3. The van der Waals surface area contributed by atoms with E-state index in [1.807, 2.05) is 24.3 Å². The quantitative estimate of drug-likeness (QED) is 0.219. The number of hydrogen-bond donors (Lipinski definition) is 2. The molecule has 2 aliphatic carbocycles. The van der Waals surface area contributed by atoms with Crippen molar-refractivity contribution in [3.8, 4) is 5.75 Å². The Hall–Kier alpha value is -3.69. The highest BCUT2D eigenvalue weighted by atomic mass is 35.5. The minimum atomic E-state index is -0.455. The number of benzene rings is 2. The van der Waals surface area contributed by atoms with Crippen LogP contribution in [-0.4, -0.2) is 47.1 Å². The Kier molecular flexibility index (Phi) is 6.63. The van der Waals surface area contributed by atoms with E-state index in [-0.39, 0.29) is 23.6 Å². The number of imide groups is 1. The van der Waals surface area contributed by atoms with E-state index in [9.17, 15) is 14.4 Å². The number of nitrogens with one attached hydrogen (secondary N) is 2. The molecular weight excluding hydrogens is 524 g/mol. The van der Waals surface area contributed by atoms with Crippen molar-refractivity contribution in [2.75, 3.05) is 11.9 Å². The second-order valence-corrected chi connectivity index (χ2v) is 11.4. The Morgan fingerprint density at radius 1 is 1.05 bits per heavy atom. The summed E-state index contributed by atoms with van der Waals surface area (Å²) in [6.45, 7) is 0.433. The molecule has 10 heteroatoms. The van der Waals surface area contributed by atoms with Crippen LogP contribution in [0, 0.1) is 0 Å². The molecule has 8 nitrogen and oxygen atoms in total. The number of rotatable bonds is 9. The molecule has 0 spiro atoms. The molecule has 0 atom stereocenters. The number of thiophene rings is 1. The van der Waals surface area contributed by atoms with Crippen molar-refractivity contribution in [3.05, 3.63) is 80.5 Å². The minimum absolute atomic E-state index is 0.0841. The van der Waals surface area contributed by atoms with Gasteiger partial charge in [-0.2, -0.15) is 0 Å². The molecule has 2 heterocycles. The number of carbonyl (C=O) groups excluding carboxylic acids is 3. The summed E-state index contributed by atoms with van der Waals surface area (Å²) in [6, 6.07) is 16.4. The van der Waals surface area contributed by atoms with Gasteiger partial charge in [0.1, 0.15) is 18.2 Å². The highest BCUT2D eigenvalue weighted by Crippen LogP contribution is 2.32. The molecule has 194 valence electrons. The molecule has 38 heavy (non-hydrogen) atoms. The maximum Gasteiger partial charge on any atom is 0.265 e. The summed E-state index contributed by atoms with van der Waals surface area (Å²) in [5.41, 5.74) is 1.50. The van der Waals surface area contributed by atoms with Crippen LogP contribution in [0.4, 0.5) is 5.69 Å². The fourth-order valence-corrected chi connectivity index (χ4v) is 5.21. The average molecular weight is 549 g/mol. The fourth-order valence-electron chi connectivity index (χ4n) is 4.27. The maximum absolute atomic E-state index is 13.4. The maximum atomic E-state index is 13.4. The molecule has 2 aromatic carbocycles. The first kappa shape index (κ1) is 24.6. The predicted octanol–water partition coefficient (Wildman–Crippen LogP) is 5.14. The third-order valence-corrected chi connectivity index (χ3v) is 7.72. The Bertz CT molecular complexity index is 1460. The van der Waals surface area contributed by atoms with Gasteiger partial charge in [-0.05, 0) is 67.6 Å². The van der Waals surface area contributed by atoms with Gasteiger partial charge in [-0.1, -0.05) is 29.8 Å². The molecule has 3 aliphatic rings. The Balaban J connectivity index is 1.15. The van der Waals surface area contributed by atoms with Gasteiger partial charge < -0.3 is 15.4 Å². The third-order valence-electron chi connectivity index (χ3n) is 6.49. The van der Waals surface area contributed by atoms with Crippen LogP contribution in [0.3, 0.4) is 0 Å². The molecule has 1 aromatic heterocycles. The van der Waals surface area contributed by atoms with Crippen molar-refractivity contribution in [2.24, 2.45) is 4.99 Å². The van der Waals surface area contributed by atoms with Gasteiger partial charge in [-0.15, -0.1) is 11.3 Å². The van der Waals surface area contributed by atoms with Crippen molar-refractivity contribution in [3.63, 3.8) is 0 Å². The van der Waals surface area contributed by atoms with Crippen LogP contribution < -0.4 is 15.4 Å². The van der Waals surface area contributed by atoms with Crippen LogP contribution in [-0.2, 0) is 6.54 Å². The number of fused-ring (bicyclic) bond motifs is 1. The van der Waals surface area contributed by atoms with Crippen LogP contribution in [0.5, 0.6) is 5.75 Å². The van der Waals surface area contributed by atoms with Crippen LogP contribution >= 0.6 is 22.9 Å². The molecule has 3 aromatic rings. The summed E-state index contributed by atoms with van der Waals surface area (Å²) in [4.78, 5) is 45.5. The zero-order valence-electron chi connectivity index (χ0n) is 20.4. The predicted molar refractivity (Wildman–Crippen MR) is 146 cm³/mol. The molecule has 3 amide bonds. The highest BCUT2D eigenvalue weighted by Gasteiger charge is 2.38.